The Morgan fingerprint density at radius 1 is 1.21 bits per heavy atom. The van der Waals surface area contributed by atoms with Crippen molar-refractivity contribution in [1.29, 1.82) is 10.5 Å². The fraction of sp³-hybridized carbons (Fsp3) is 0.182. The maximum Gasteiger partial charge on any atom is 0.162 e. The van der Waals surface area contributed by atoms with Gasteiger partial charge in [-0.2, -0.15) is 10.5 Å². The summed E-state index contributed by atoms with van der Waals surface area (Å²) in [5.74, 6) is -0.0569. The summed E-state index contributed by atoms with van der Waals surface area (Å²) in [6, 6.07) is 8.31. The fourth-order valence-electron chi connectivity index (χ4n) is 1.12. The molecule has 0 bridgehead atoms. The van der Waals surface area contributed by atoms with Gasteiger partial charge in [0.2, 0.25) is 0 Å². The van der Waals surface area contributed by atoms with Gasteiger partial charge in [-0.25, -0.2) is 0 Å². The highest BCUT2D eigenvalue weighted by Crippen LogP contribution is 2.10. The summed E-state index contributed by atoms with van der Waals surface area (Å²) in [6.07, 6.45) is 0.375. The van der Waals surface area contributed by atoms with Crippen LogP contribution in [0.2, 0.25) is 0 Å². The number of ketones is 1. The largest absolute Gasteiger partial charge is 0.294 e. The number of carbonyl (C=O) groups excluding carboxylic acids is 1. The van der Waals surface area contributed by atoms with Crippen molar-refractivity contribution in [3.63, 3.8) is 0 Å². The smallest absolute Gasteiger partial charge is 0.162 e. The van der Waals surface area contributed by atoms with E-state index in [9.17, 15) is 4.79 Å². The van der Waals surface area contributed by atoms with E-state index in [1.807, 2.05) is 12.1 Å². The van der Waals surface area contributed by atoms with Gasteiger partial charge in [-0.1, -0.05) is 6.92 Å². The minimum absolute atomic E-state index is 0.0569. The van der Waals surface area contributed by atoms with E-state index < -0.39 is 0 Å². The molecule has 1 aromatic carbocycles. The van der Waals surface area contributed by atoms with Gasteiger partial charge in [-0.15, -0.1) is 0 Å². The van der Waals surface area contributed by atoms with Crippen LogP contribution in [-0.2, 0) is 0 Å². The van der Waals surface area contributed by atoms with Crippen LogP contribution in [0.1, 0.15) is 34.8 Å². The molecule has 3 nitrogen and oxygen atoms in total. The number of hydrogen-bond acceptors (Lipinski definition) is 3. The predicted octanol–water partition coefficient (Wildman–Crippen LogP) is 2.02. The number of hydrogen-bond donors (Lipinski definition) is 0. The van der Waals surface area contributed by atoms with Crippen molar-refractivity contribution in [2.75, 3.05) is 0 Å². The zero-order valence-corrected chi connectivity index (χ0v) is 7.74. The van der Waals surface area contributed by atoms with Crippen molar-refractivity contribution < 1.29 is 4.79 Å². The topological polar surface area (TPSA) is 64.7 Å². The molecule has 1 rings (SSSR count). The van der Waals surface area contributed by atoms with Gasteiger partial charge in [0.25, 0.3) is 0 Å². The SMILES string of the molecule is CCC(=O)c1cc(C#N)cc(C#N)c1. The summed E-state index contributed by atoms with van der Waals surface area (Å²) in [7, 11) is 0. The van der Waals surface area contributed by atoms with Crippen LogP contribution in [0, 0.1) is 22.7 Å². The molecule has 0 radical (unpaired) electrons. The minimum atomic E-state index is -0.0569. The highest BCUT2D eigenvalue weighted by atomic mass is 16.1. The molecule has 0 aliphatic rings. The third kappa shape index (κ3) is 1.97. The van der Waals surface area contributed by atoms with Crippen LogP contribution in [0.25, 0.3) is 0 Å². The molecule has 68 valence electrons. The lowest BCUT2D eigenvalue weighted by Crippen LogP contribution is -1.97. The summed E-state index contributed by atoms with van der Waals surface area (Å²) in [6.45, 7) is 1.74. The average Bonchev–Trinajstić information content (AvgIpc) is 2.27. The van der Waals surface area contributed by atoms with Gasteiger partial charge < -0.3 is 0 Å². The Labute approximate surface area is 82.2 Å². The molecule has 0 N–H and O–H groups in total. The van der Waals surface area contributed by atoms with E-state index in [2.05, 4.69) is 0 Å². The molecule has 0 heterocycles. The summed E-state index contributed by atoms with van der Waals surface area (Å²) >= 11 is 0. The Kier molecular flexibility index (Phi) is 2.99. The van der Waals surface area contributed by atoms with E-state index in [0.717, 1.165) is 0 Å². The summed E-state index contributed by atoms with van der Waals surface area (Å²) in [4.78, 5) is 11.3. The Hall–Kier alpha value is -2.13. The second-order valence-corrected chi connectivity index (χ2v) is 2.80. The quantitative estimate of drug-likeness (QED) is 0.660. The number of carbonyl (C=O) groups is 1. The number of Topliss-reactive ketones (excluding diaryl/α,β-unsaturated/α-hetero) is 1. The van der Waals surface area contributed by atoms with Gasteiger partial charge in [0.15, 0.2) is 5.78 Å². The van der Waals surface area contributed by atoms with Crippen LogP contribution < -0.4 is 0 Å². The number of rotatable bonds is 2. The van der Waals surface area contributed by atoms with Gasteiger partial charge >= 0.3 is 0 Å². The lowest BCUT2D eigenvalue weighted by molar-refractivity contribution is 0.0988. The Morgan fingerprint density at radius 2 is 1.71 bits per heavy atom. The Morgan fingerprint density at radius 3 is 2.07 bits per heavy atom. The molecule has 0 aliphatic heterocycles. The van der Waals surface area contributed by atoms with Crippen molar-refractivity contribution in [2.45, 2.75) is 13.3 Å². The fourth-order valence-corrected chi connectivity index (χ4v) is 1.12. The van der Waals surface area contributed by atoms with Crippen molar-refractivity contribution in [3.05, 3.63) is 34.9 Å². The predicted molar refractivity (Wildman–Crippen MR) is 50.5 cm³/mol. The highest BCUT2D eigenvalue weighted by molar-refractivity contribution is 5.96. The van der Waals surface area contributed by atoms with Crippen LogP contribution >= 0.6 is 0 Å². The van der Waals surface area contributed by atoms with E-state index in [4.69, 9.17) is 10.5 Å². The minimum Gasteiger partial charge on any atom is -0.294 e. The first kappa shape index (κ1) is 9.95. The monoisotopic (exact) mass is 184 g/mol. The van der Waals surface area contributed by atoms with Gasteiger partial charge in [-0.05, 0) is 18.2 Å². The van der Waals surface area contributed by atoms with Crippen LogP contribution in [0.15, 0.2) is 18.2 Å². The second kappa shape index (κ2) is 4.20. The Balaban J connectivity index is 3.27. The number of nitrogens with zero attached hydrogens (tertiary/aromatic N) is 2. The molecule has 0 aromatic heterocycles. The normalized spacial score (nSPS) is 8.79. The van der Waals surface area contributed by atoms with Gasteiger partial charge in [0.1, 0.15) is 0 Å². The van der Waals surface area contributed by atoms with E-state index in [1.165, 1.54) is 18.2 Å². The first-order chi connectivity index (χ1) is 6.71. The van der Waals surface area contributed by atoms with Crippen LogP contribution in [-0.4, -0.2) is 5.78 Å². The van der Waals surface area contributed by atoms with E-state index in [1.54, 1.807) is 6.92 Å². The third-order valence-electron chi connectivity index (χ3n) is 1.83. The molecule has 3 heteroatoms. The first-order valence-corrected chi connectivity index (χ1v) is 4.19. The lowest BCUT2D eigenvalue weighted by atomic mass is 10.0. The van der Waals surface area contributed by atoms with Crippen molar-refractivity contribution in [3.8, 4) is 12.1 Å². The van der Waals surface area contributed by atoms with Gasteiger partial charge in [0, 0.05) is 12.0 Å². The molecule has 0 atom stereocenters. The van der Waals surface area contributed by atoms with Crippen molar-refractivity contribution >= 4 is 5.78 Å². The van der Waals surface area contributed by atoms with Gasteiger partial charge in [0.05, 0.1) is 23.3 Å². The molecule has 14 heavy (non-hydrogen) atoms. The molecule has 0 saturated carbocycles. The molecule has 1 aromatic rings. The molecule has 0 fully saturated rings. The zero-order chi connectivity index (χ0) is 10.6. The molecule has 0 amide bonds. The Bertz CT molecular complexity index is 417. The molecular formula is C11H8N2O. The lowest BCUT2D eigenvalue weighted by Gasteiger charge is -1.99. The number of benzene rings is 1. The molecular weight excluding hydrogens is 176 g/mol. The number of nitriles is 2. The standard InChI is InChI=1S/C11H8N2O/c1-2-11(14)10-4-8(6-12)3-9(5-10)7-13/h3-5H,2H2,1H3. The van der Waals surface area contributed by atoms with Gasteiger partial charge in [-0.3, -0.25) is 4.79 Å². The molecule has 0 unspecified atom stereocenters. The highest BCUT2D eigenvalue weighted by Gasteiger charge is 2.06. The molecule has 0 aliphatic carbocycles. The maximum atomic E-state index is 11.3. The summed E-state index contributed by atoms with van der Waals surface area (Å²) in [5, 5.41) is 17.3. The van der Waals surface area contributed by atoms with Crippen molar-refractivity contribution in [2.24, 2.45) is 0 Å². The summed E-state index contributed by atoms with van der Waals surface area (Å²) < 4.78 is 0. The van der Waals surface area contributed by atoms with E-state index >= 15 is 0 Å². The summed E-state index contributed by atoms with van der Waals surface area (Å²) in [5.41, 5.74) is 1.13. The first-order valence-electron chi connectivity index (χ1n) is 4.19. The van der Waals surface area contributed by atoms with Crippen LogP contribution in [0.4, 0.5) is 0 Å². The molecule has 0 spiro atoms. The van der Waals surface area contributed by atoms with E-state index in [-0.39, 0.29) is 5.78 Å². The maximum absolute atomic E-state index is 11.3. The third-order valence-corrected chi connectivity index (χ3v) is 1.83. The van der Waals surface area contributed by atoms with Crippen molar-refractivity contribution in [1.82, 2.24) is 0 Å². The average molecular weight is 184 g/mol. The van der Waals surface area contributed by atoms with Crippen LogP contribution in [0.5, 0.6) is 0 Å². The zero-order valence-electron chi connectivity index (χ0n) is 7.74. The second-order valence-electron chi connectivity index (χ2n) is 2.80. The van der Waals surface area contributed by atoms with Crippen LogP contribution in [0.3, 0.4) is 0 Å². The molecule has 0 saturated heterocycles. The van der Waals surface area contributed by atoms with E-state index in [0.29, 0.717) is 23.1 Å².